The largest absolute Gasteiger partial charge is 0.481 e. The van der Waals surface area contributed by atoms with E-state index in [1.807, 2.05) is 0 Å². The number of hydrogen-bond acceptors (Lipinski definition) is 3. The van der Waals surface area contributed by atoms with E-state index in [-0.39, 0.29) is 24.9 Å². The fourth-order valence-corrected chi connectivity index (χ4v) is 2.19. The van der Waals surface area contributed by atoms with Crippen molar-refractivity contribution in [3.8, 4) is 0 Å². The summed E-state index contributed by atoms with van der Waals surface area (Å²) in [5, 5.41) is 8.90. The lowest BCUT2D eigenvalue weighted by Gasteiger charge is -2.12. The minimum absolute atomic E-state index is 0. The van der Waals surface area contributed by atoms with Crippen molar-refractivity contribution in [2.75, 3.05) is 13.1 Å². The van der Waals surface area contributed by atoms with Crippen molar-refractivity contribution in [2.24, 2.45) is 11.7 Å². The molecule has 3 N–H and O–H groups in total. The third kappa shape index (κ3) is 4.33. The third-order valence-electron chi connectivity index (χ3n) is 3.46. The summed E-state index contributed by atoms with van der Waals surface area (Å²) < 4.78 is 0. The molecule has 1 saturated heterocycles. The molecule has 1 fully saturated rings. The Bertz CT molecular complexity index is 598. The van der Waals surface area contributed by atoms with Gasteiger partial charge in [-0.2, -0.15) is 0 Å². The van der Waals surface area contributed by atoms with Crippen molar-refractivity contribution in [3.05, 3.63) is 41.5 Å². The number of carbonyl (C=O) groups excluding carboxylic acids is 2. The highest BCUT2D eigenvalue weighted by Crippen LogP contribution is 2.17. The second-order valence-corrected chi connectivity index (χ2v) is 4.93. The van der Waals surface area contributed by atoms with Gasteiger partial charge in [0.25, 0.3) is 0 Å². The van der Waals surface area contributed by atoms with Crippen LogP contribution in [0.4, 0.5) is 0 Å². The molecular formula is C15H17ClN2O4. The van der Waals surface area contributed by atoms with Gasteiger partial charge in [-0.3, -0.25) is 14.4 Å². The van der Waals surface area contributed by atoms with E-state index in [2.05, 4.69) is 0 Å². The Morgan fingerprint density at radius 2 is 1.86 bits per heavy atom. The summed E-state index contributed by atoms with van der Waals surface area (Å²) in [6, 6.07) is 6.55. The normalized spacial score (nSPS) is 17.3. The van der Waals surface area contributed by atoms with Crippen molar-refractivity contribution < 1.29 is 19.5 Å². The summed E-state index contributed by atoms with van der Waals surface area (Å²) in [5.74, 6) is -2.05. The maximum Gasteiger partial charge on any atom is 0.308 e. The molecule has 0 radical (unpaired) electrons. The molecule has 1 aromatic rings. The van der Waals surface area contributed by atoms with Gasteiger partial charge in [-0.25, -0.2) is 0 Å². The number of benzene rings is 1. The number of primary amides is 1. The molecule has 2 amide bonds. The van der Waals surface area contributed by atoms with Crippen LogP contribution in [0.2, 0.25) is 0 Å². The summed E-state index contributed by atoms with van der Waals surface area (Å²) in [6.45, 7) is 0.708. The van der Waals surface area contributed by atoms with Gasteiger partial charge in [0, 0.05) is 24.7 Å². The summed E-state index contributed by atoms with van der Waals surface area (Å²) in [7, 11) is 0. The highest BCUT2D eigenvalue weighted by atomic mass is 35.5. The molecule has 0 aromatic heterocycles. The van der Waals surface area contributed by atoms with Crippen LogP contribution in [0.5, 0.6) is 0 Å². The van der Waals surface area contributed by atoms with E-state index < -0.39 is 17.8 Å². The zero-order valence-electron chi connectivity index (χ0n) is 11.8. The number of aliphatic carboxylic acids is 1. The van der Waals surface area contributed by atoms with Gasteiger partial charge in [0.05, 0.1) is 5.92 Å². The van der Waals surface area contributed by atoms with Crippen molar-refractivity contribution >= 4 is 36.3 Å². The number of carbonyl (C=O) groups is 3. The molecule has 0 bridgehead atoms. The first-order chi connectivity index (χ1) is 9.97. The Balaban J connectivity index is 0.00000242. The number of amides is 2. The maximum atomic E-state index is 11.9. The van der Waals surface area contributed by atoms with E-state index in [1.165, 1.54) is 11.0 Å². The average molecular weight is 325 g/mol. The molecule has 1 aromatic carbocycles. The van der Waals surface area contributed by atoms with Gasteiger partial charge < -0.3 is 15.7 Å². The monoisotopic (exact) mass is 324 g/mol. The summed E-state index contributed by atoms with van der Waals surface area (Å²) in [6.07, 6.45) is 3.52. The zero-order chi connectivity index (χ0) is 15.4. The number of hydrogen-bond donors (Lipinski definition) is 2. The molecule has 118 valence electrons. The number of rotatable bonds is 4. The molecule has 7 heteroatoms. The van der Waals surface area contributed by atoms with Gasteiger partial charge in [-0.05, 0) is 30.2 Å². The number of carboxylic acids is 1. The number of carboxylic acid groups (broad SMARTS) is 1. The highest BCUT2D eigenvalue weighted by Gasteiger charge is 2.29. The molecular weight excluding hydrogens is 308 g/mol. The minimum Gasteiger partial charge on any atom is -0.481 e. The Morgan fingerprint density at radius 3 is 2.36 bits per heavy atom. The zero-order valence-corrected chi connectivity index (χ0v) is 12.6. The molecule has 1 aliphatic rings. The van der Waals surface area contributed by atoms with Gasteiger partial charge in [-0.1, -0.05) is 12.1 Å². The molecule has 2 rings (SSSR count). The van der Waals surface area contributed by atoms with Crippen LogP contribution in [0.15, 0.2) is 30.3 Å². The number of nitrogens with zero attached hydrogens (tertiary/aromatic N) is 1. The molecule has 1 heterocycles. The lowest BCUT2D eigenvalue weighted by atomic mass is 10.1. The Hall–Kier alpha value is -2.34. The number of nitrogens with two attached hydrogens (primary N) is 1. The summed E-state index contributed by atoms with van der Waals surface area (Å²) >= 11 is 0. The number of halogens is 1. The maximum absolute atomic E-state index is 11.9. The SMILES string of the molecule is Cl.NC(=O)c1ccc(/C=C/C(=O)N2CCC(C(=O)O)C2)cc1. The first-order valence-electron chi connectivity index (χ1n) is 6.57. The lowest BCUT2D eigenvalue weighted by molar-refractivity contribution is -0.141. The molecule has 1 atom stereocenters. The van der Waals surface area contributed by atoms with E-state index in [0.29, 0.717) is 18.5 Å². The summed E-state index contributed by atoms with van der Waals surface area (Å²) in [5.41, 5.74) is 6.31. The Kier molecular flexibility index (Phi) is 6.12. The van der Waals surface area contributed by atoms with Gasteiger partial charge in [0.15, 0.2) is 0 Å². The van der Waals surface area contributed by atoms with E-state index in [1.54, 1.807) is 30.3 Å². The van der Waals surface area contributed by atoms with E-state index in [4.69, 9.17) is 10.8 Å². The van der Waals surface area contributed by atoms with Crippen LogP contribution in [0.1, 0.15) is 22.3 Å². The average Bonchev–Trinajstić information content (AvgIpc) is 2.95. The fourth-order valence-electron chi connectivity index (χ4n) is 2.19. The van der Waals surface area contributed by atoms with Crippen molar-refractivity contribution in [2.45, 2.75) is 6.42 Å². The topological polar surface area (TPSA) is 101 Å². The third-order valence-corrected chi connectivity index (χ3v) is 3.46. The highest BCUT2D eigenvalue weighted by molar-refractivity contribution is 5.94. The van der Waals surface area contributed by atoms with E-state index in [0.717, 1.165) is 5.56 Å². The lowest BCUT2D eigenvalue weighted by Crippen LogP contribution is -2.28. The molecule has 1 aliphatic heterocycles. The smallest absolute Gasteiger partial charge is 0.308 e. The van der Waals surface area contributed by atoms with Crippen LogP contribution in [0.25, 0.3) is 6.08 Å². The Morgan fingerprint density at radius 1 is 1.23 bits per heavy atom. The second-order valence-electron chi connectivity index (χ2n) is 4.93. The van der Waals surface area contributed by atoms with Crippen LogP contribution < -0.4 is 5.73 Å². The van der Waals surface area contributed by atoms with Gasteiger partial charge in [0.2, 0.25) is 11.8 Å². The standard InChI is InChI=1S/C15H16N2O4.ClH/c16-14(19)11-4-1-10(2-5-11)3-6-13(18)17-8-7-12(9-17)15(20)21;/h1-6,12H,7-9H2,(H2,16,19)(H,20,21);1H/b6-3+;. The van der Waals surface area contributed by atoms with Gasteiger partial charge in [-0.15, -0.1) is 12.4 Å². The predicted octanol–water partition coefficient (Wildman–Crippen LogP) is 1.15. The van der Waals surface area contributed by atoms with Crippen molar-refractivity contribution in [1.82, 2.24) is 4.90 Å². The van der Waals surface area contributed by atoms with Crippen molar-refractivity contribution in [3.63, 3.8) is 0 Å². The quantitative estimate of drug-likeness (QED) is 0.811. The minimum atomic E-state index is -0.865. The second kappa shape index (κ2) is 7.61. The van der Waals surface area contributed by atoms with E-state index >= 15 is 0 Å². The fraction of sp³-hybridized carbons (Fsp3) is 0.267. The van der Waals surface area contributed by atoms with Crippen LogP contribution in [0, 0.1) is 5.92 Å². The van der Waals surface area contributed by atoms with Crippen LogP contribution in [-0.2, 0) is 9.59 Å². The molecule has 1 unspecified atom stereocenters. The first kappa shape index (κ1) is 17.7. The predicted molar refractivity (Wildman–Crippen MR) is 83.6 cm³/mol. The van der Waals surface area contributed by atoms with Crippen LogP contribution in [0.3, 0.4) is 0 Å². The summed E-state index contributed by atoms with van der Waals surface area (Å²) in [4.78, 5) is 35.2. The Labute approximate surface area is 134 Å². The number of likely N-dealkylation sites (tertiary alicyclic amines) is 1. The molecule has 22 heavy (non-hydrogen) atoms. The van der Waals surface area contributed by atoms with Crippen LogP contribution in [-0.4, -0.2) is 40.9 Å². The van der Waals surface area contributed by atoms with Crippen LogP contribution >= 0.6 is 12.4 Å². The molecule has 0 aliphatic carbocycles. The van der Waals surface area contributed by atoms with Gasteiger partial charge >= 0.3 is 5.97 Å². The van der Waals surface area contributed by atoms with Crippen molar-refractivity contribution in [1.29, 1.82) is 0 Å². The first-order valence-corrected chi connectivity index (χ1v) is 6.57. The molecule has 6 nitrogen and oxygen atoms in total. The van der Waals surface area contributed by atoms with E-state index in [9.17, 15) is 14.4 Å². The van der Waals surface area contributed by atoms with Gasteiger partial charge in [0.1, 0.15) is 0 Å². The molecule has 0 saturated carbocycles. The molecule has 0 spiro atoms.